The van der Waals surface area contributed by atoms with Crippen molar-refractivity contribution in [3.8, 4) is 12.1 Å². The van der Waals surface area contributed by atoms with Crippen LogP contribution < -0.4 is 11.2 Å². The molecule has 2 rings (SSSR count). The van der Waals surface area contributed by atoms with Crippen molar-refractivity contribution in [3.05, 3.63) is 27.2 Å². The molecule has 2 heterocycles. The largest absolute Gasteiger partial charge is 0.332 e. The first-order valence-corrected chi connectivity index (χ1v) is 6.55. The van der Waals surface area contributed by atoms with Crippen molar-refractivity contribution in [1.29, 1.82) is 10.5 Å². The van der Waals surface area contributed by atoms with Crippen molar-refractivity contribution in [3.63, 3.8) is 0 Å². The molecule has 0 radical (unpaired) electrons. The molecule has 0 fully saturated rings. The lowest BCUT2D eigenvalue weighted by molar-refractivity contribution is -0.130. The third-order valence-corrected chi connectivity index (χ3v) is 3.40. The van der Waals surface area contributed by atoms with Gasteiger partial charge in [-0.1, -0.05) is 0 Å². The number of imidazole rings is 1. The zero-order valence-electron chi connectivity index (χ0n) is 12.6. The van der Waals surface area contributed by atoms with E-state index in [1.165, 1.54) is 29.6 Å². The van der Waals surface area contributed by atoms with Gasteiger partial charge in [-0.25, -0.2) is 9.78 Å². The first-order chi connectivity index (χ1) is 10.9. The highest BCUT2D eigenvalue weighted by Crippen LogP contribution is 2.06. The summed E-state index contributed by atoms with van der Waals surface area (Å²) in [5.41, 5.74) is -0.815. The minimum atomic E-state index is -0.569. The molecule has 10 heteroatoms. The van der Waals surface area contributed by atoms with Crippen LogP contribution in [0.15, 0.2) is 15.9 Å². The molecule has 0 spiro atoms. The smallest absolute Gasteiger partial charge is 0.315 e. The minimum absolute atomic E-state index is 0.108. The number of carbonyl (C=O) groups excluding carboxylic acids is 1. The van der Waals surface area contributed by atoms with E-state index in [0.29, 0.717) is 0 Å². The number of fused-ring (bicyclic) bond motifs is 1. The van der Waals surface area contributed by atoms with Crippen LogP contribution in [0, 0.1) is 22.7 Å². The maximum Gasteiger partial charge on any atom is 0.332 e. The van der Waals surface area contributed by atoms with Crippen LogP contribution in [0.25, 0.3) is 11.2 Å². The molecule has 0 atom stereocenters. The zero-order valence-corrected chi connectivity index (χ0v) is 12.6. The van der Waals surface area contributed by atoms with Crippen LogP contribution in [0.2, 0.25) is 0 Å². The number of nitriles is 2. The van der Waals surface area contributed by atoms with Gasteiger partial charge in [-0.15, -0.1) is 0 Å². The Labute approximate surface area is 130 Å². The third-order valence-electron chi connectivity index (χ3n) is 3.40. The fourth-order valence-electron chi connectivity index (χ4n) is 2.17. The molecular formula is C13H13N7O3. The van der Waals surface area contributed by atoms with E-state index in [-0.39, 0.29) is 30.8 Å². The van der Waals surface area contributed by atoms with Crippen LogP contribution in [-0.4, -0.2) is 42.6 Å². The summed E-state index contributed by atoms with van der Waals surface area (Å²) in [6.07, 6.45) is 1.28. The van der Waals surface area contributed by atoms with Crippen molar-refractivity contribution in [2.75, 3.05) is 13.1 Å². The van der Waals surface area contributed by atoms with E-state index < -0.39 is 17.2 Å². The van der Waals surface area contributed by atoms with Crippen LogP contribution in [0.5, 0.6) is 0 Å². The number of hydrogen-bond acceptors (Lipinski definition) is 6. The molecule has 0 aliphatic carbocycles. The van der Waals surface area contributed by atoms with Gasteiger partial charge < -0.3 is 9.47 Å². The topological polar surface area (TPSA) is 130 Å². The average molecular weight is 315 g/mol. The van der Waals surface area contributed by atoms with Crippen molar-refractivity contribution < 1.29 is 4.79 Å². The van der Waals surface area contributed by atoms with Gasteiger partial charge in [0.15, 0.2) is 11.2 Å². The van der Waals surface area contributed by atoms with Gasteiger partial charge >= 0.3 is 5.69 Å². The number of hydrogen-bond donors (Lipinski definition) is 0. The summed E-state index contributed by atoms with van der Waals surface area (Å²) in [5, 5.41) is 17.4. The van der Waals surface area contributed by atoms with E-state index in [0.717, 1.165) is 9.47 Å². The monoisotopic (exact) mass is 315 g/mol. The molecule has 0 aliphatic rings. The second-order valence-electron chi connectivity index (χ2n) is 4.82. The summed E-state index contributed by atoms with van der Waals surface area (Å²) >= 11 is 0. The van der Waals surface area contributed by atoms with Gasteiger partial charge in [-0.05, 0) is 0 Å². The lowest BCUT2D eigenvalue weighted by atomic mass is 10.4. The second-order valence-corrected chi connectivity index (χ2v) is 4.82. The maximum atomic E-state index is 12.2. The maximum absolute atomic E-state index is 12.2. The van der Waals surface area contributed by atoms with E-state index >= 15 is 0 Å². The summed E-state index contributed by atoms with van der Waals surface area (Å²) in [6.45, 7) is -0.710. The van der Waals surface area contributed by atoms with Gasteiger partial charge in [-0.2, -0.15) is 10.5 Å². The summed E-state index contributed by atoms with van der Waals surface area (Å²) in [6, 6.07) is 3.61. The predicted octanol–water partition coefficient (Wildman–Crippen LogP) is -1.69. The SMILES string of the molecule is Cn1c(=O)c2c(ncn2CC(=O)N(CC#N)CC#N)n(C)c1=O. The number of amides is 1. The second kappa shape index (κ2) is 6.15. The van der Waals surface area contributed by atoms with Gasteiger partial charge in [0.1, 0.15) is 19.6 Å². The van der Waals surface area contributed by atoms with Gasteiger partial charge in [0.05, 0.1) is 18.5 Å². The van der Waals surface area contributed by atoms with Crippen LogP contribution in [-0.2, 0) is 25.4 Å². The van der Waals surface area contributed by atoms with E-state index in [9.17, 15) is 14.4 Å². The molecule has 0 aliphatic heterocycles. The lowest BCUT2D eigenvalue weighted by Crippen LogP contribution is -2.38. The Balaban J connectivity index is 2.49. The molecule has 0 aromatic carbocycles. The standard InChI is InChI=1S/C13H13N7O3/c1-17-11-10(12(22)18(2)13(17)23)20(8-16-11)7-9(21)19(5-3-14)6-4-15/h8H,5-7H2,1-2H3. The van der Waals surface area contributed by atoms with E-state index in [2.05, 4.69) is 4.98 Å². The highest BCUT2D eigenvalue weighted by atomic mass is 16.2. The molecule has 2 aromatic rings. The van der Waals surface area contributed by atoms with Gasteiger partial charge in [0.2, 0.25) is 5.91 Å². The molecule has 0 N–H and O–H groups in total. The Morgan fingerprint density at radius 1 is 1.22 bits per heavy atom. The molecule has 1 amide bonds. The normalized spacial score (nSPS) is 10.3. The average Bonchev–Trinajstić information content (AvgIpc) is 2.94. The first kappa shape index (κ1) is 16.0. The van der Waals surface area contributed by atoms with E-state index in [1.54, 1.807) is 12.1 Å². The van der Waals surface area contributed by atoms with E-state index in [1.807, 2.05) is 0 Å². The summed E-state index contributed by atoms with van der Waals surface area (Å²) in [5.74, 6) is -0.497. The zero-order chi connectivity index (χ0) is 17.1. The summed E-state index contributed by atoms with van der Waals surface area (Å²) < 4.78 is 3.44. The van der Waals surface area contributed by atoms with Crippen LogP contribution in [0.4, 0.5) is 0 Å². The Morgan fingerprint density at radius 3 is 2.39 bits per heavy atom. The van der Waals surface area contributed by atoms with Crippen molar-refractivity contribution in [2.24, 2.45) is 14.1 Å². The molecule has 118 valence electrons. The number of aromatic nitrogens is 4. The minimum Gasteiger partial charge on any atom is -0.315 e. The van der Waals surface area contributed by atoms with Crippen LogP contribution in [0.1, 0.15) is 0 Å². The highest BCUT2D eigenvalue weighted by molar-refractivity contribution is 5.79. The number of rotatable bonds is 4. The van der Waals surface area contributed by atoms with Crippen molar-refractivity contribution in [1.82, 2.24) is 23.6 Å². The summed E-state index contributed by atoms with van der Waals surface area (Å²) in [4.78, 5) is 41.3. The number of aryl methyl sites for hydroxylation is 1. The number of nitrogens with zero attached hydrogens (tertiary/aromatic N) is 7. The fraction of sp³-hybridized carbons (Fsp3) is 0.385. The molecule has 0 saturated heterocycles. The quantitative estimate of drug-likeness (QED) is 0.619. The third kappa shape index (κ3) is 2.70. The molecule has 23 heavy (non-hydrogen) atoms. The molecule has 10 nitrogen and oxygen atoms in total. The number of carbonyl (C=O) groups is 1. The lowest BCUT2D eigenvalue weighted by Gasteiger charge is -2.16. The van der Waals surface area contributed by atoms with Crippen molar-refractivity contribution in [2.45, 2.75) is 6.54 Å². The Kier molecular flexibility index (Phi) is 4.27. The van der Waals surface area contributed by atoms with Crippen molar-refractivity contribution >= 4 is 17.1 Å². The fourth-order valence-corrected chi connectivity index (χ4v) is 2.17. The molecular weight excluding hydrogens is 302 g/mol. The summed E-state index contributed by atoms with van der Waals surface area (Å²) in [7, 11) is 2.81. The Hall–Kier alpha value is -3.40. The predicted molar refractivity (Wildman–Crippen MR) is 78.0 cm³/mol. The van der Waals surface area contributed by atoms with Crippen LogP contribution in [0.3, 0.4) is 0 Å². The van der Waals surface area contributed by atoms with Gasteiger partial charge in [0.25, 0.3) is 5.56 Å². The molecule has 0 unspecified atom stereocenters. The Bertz CT molecular complexity index is 951. The Morgan fingerprint density at radius 2 is 1.83 bits per heavy atom. The van der Waals surface area contributed by atoms with Crippen LogP contribution >= 0.6 is 0 Å². The molecule has 0 bridgehead atoms. The van der Waals surface area contributed by atoms with Gasteiger partial charge in [0, 0.05) is 14.1 Å². The molecule has 0 saturated carbocycles. The molecule has 2 aromatic heterocycles. The first-order valence-electron chi connectivity index (χ1n) is 6.55. The van der Waals surface area contributed by atoms with E-state index in [4.69, 9.17) is 10.5 Å². The van der Waals surface area contributed by atoms with Gasteiger partial charge in [-0.3, -0.25) is 18.7 Å². The highest BCUT2D eigenvalue weighted by Gasteiger charge is 2.18.